The summed E-state index contributed by atoms with van der Waals surface area (Å²) in [5.74, 6) is -0.372. The summed E-state index contributed by atoms with van der Waals surface area (Å²) in [5, 5.41) is 9.36. The Morgan fingerprint density at radius 2 is 2.58 bits per heavy atom. The molecular formula is C8H10O4. The molecule has 12 heavy (non-hydrogen) atoms. The molecule has 1 saturated heterocycles. The van der Waals surface area contributed by atoms with Crippen LogP contribution < -0.4 is 0 Å². The summed E-state index contributed by atoms with van der Waals surface area (Å²) < 4.78 is 9.61. The SMILES string of the molecule is COC(=O)C1=CC2OC2C(O)C1. The third-order valence-corrected chi connectivity index (χ3v) is 2.18. The van der Waals surface area contributed by atoms with Crippen molar-refractivity contribution in [3.63, 3.8) is 0 Å². The number of fused-ring (bicyclic) bond motifs is 1. The Morgan fingerprint density at radius 1 is 1.83 bits per heavy atom. The standard InChI is InChI=1S/C8H10O4/c1-11-8(10)4-2-5(9)7-6(3-4)12-7/h3,5-7,9H,2H2,1H3. The molecule has 0 saturated carbocycles. The lowest BCUT2D eigenvalue weighted by atomic mass is 9.97. The van der Waals surface area contributed by atoms with Crippen LogP contribution in [0, 0.1) is 0 Å². The first kappa shape index (κ1) is 7.76. The third-order valence-electron chi connectivity index (χ3n) is 2.18. The fraction of sp³-hybridized carbons (Fsp3) is 0.625. The number of rotatable bonds is 1. The zero-order valence-electron chi connectivity index (χ0n) is 6.69. The van der Waals surface area contributed by atoms with E-state index in [0.29, 0.717) is 12.0 Å². The van der Waals surface area contributed by atoms with Gasteiger partial charge in [-0.25, -0.2) is 4.79 Å². The van der Waals surface area contributed by atoms with Crippen LogP contribution in [-0.2, 0) is 14.3 Å². The number of hydrogen-bond donors (Lipinski definition) is 1. The van der Waals surface area contributed by atoms with Crippen LogP contribution in [0.25, 0.3) is 0 Å². The molecule has 1 fully saturated rings. The van der Waals surface area contributed by atoms with E-state index >= 15 is 0 Å². The summed E-state index contributed by atoms with van der Waals surface area (Å²) in [6, 6.07) is 0. The van der Waals surface area contributed by atoms with Crippen molar-refractivity contribution in [1.29, 1.82) is 0 Å². The van der Waals surface area contributed by atoms with Crippen LogP contribution in [0.5, 0.6) is 0 Å². The number of esters is 1. The molecule has 1 aliphatic heterocycles. The highest BCUT2D eigenvalue weighted by Gasteiger charge is 2.47. The average Bonchev–Trinajstić information content (AvgIpc) is 2.82. The molecule has 0 bridgehead atoms. The maximum absolute atomic E-state index is 11.0. The number of hydrogen-bond acceptors (Lipinski definition) is 4. The van der Waals surface area contributed by atoms with Gasteiger partial charge in [0.2, 0.25) is 0 Å². The zero-order chi connectivity index (χ0) is 8.72. The predicted octanol–water partition coefficient (Wildman–Crippen LogP) is -0.382. The topological polar surface area (TPSA) is 59.1 Å². The Morgan fingerprint density at radius 3 is 3.17 bits per heavy atom. The van der Waals surface area contributed by atoms with Crippen LogP contribution in [0.2, 0.25) is 0 Å². The molecule has 4 nitrogen and oxygen atoms in total. The van der Waals surface area contributed by atoms with Crippen LogP contribution >= 0.6 is 0 Å². The highest BCUT2D eigenvalue weighted by atomic mass is 16.6. The van der Waals surface area contributed by atoms with E-state index in [1.54, 1.807) is 6.08 Å². The Labute approximate surface area is 69.8 Å². The molecule has 3 atom stereocenters. The van der Waals surface area contributed by atoms with Gasteiger partial charge < -0.3 is 14.6 Å². The second-order valence-electron chi connectivity index (χ2n) is 3.02. The van der Waals surface area contributed by atoms with Gasteiger partial charge in [-0.3, -0.25) is 0 Å². The van der Waals surface area contributed by atoms with Gasteiger partial charge in [0.25, 0.3) is 0 Å². The van der Waals surface area contributed by atoms with Crippen molar-refractivity contribution in [2.45, 2.75) is 24.7 Å². The molecule has 1 heterocycles. The molecule has 0 amide bonds. The van der Waals surface area contributed by atoms with Crippen LogP contribution in [0.15, 0.2) is 11.6 Å². The highest BCUT2D eigenvalue weighted by molar-refractivity contribution is 5.89. The summed E-state index contributed by atoms with van der Waals surface area (Å²) in [6.07, 6.45) is 1.37. The average molecular weight is 170 g/mol. The fourth-order valence-electron chi connectivity index (χ4n) is 1.47. The molecule has 2 aliphatic rings. The van der Waals surface area contributed by atoms with E-state index in [0.717, 1.165) is 0 Å². The first-order chi connectivity index (χ1) is 5.72. The Bertz CT molecular complexity index is 245. The molecule has 2 rings (SSSR count). The minimum absolute atomic E-state index is 0.0668. The van der Waals surface area contributed by atoms with Crippen molar-refractivity contribution in [1.82, 2.24) is 0 Å². The van der Waals surface area contributed by atoms with Gasteiger partial charge >= 0.3 is 5.97 Å². The summed E-state index contributed by atoms with van der Waals surface area (Å²) in [5.41, 5.74) is 0.517. The lowest BCUT2D eigenvalue weighted by molar-refractivity contribution is -0.136. The lowest BCUT2D eigenvalue weighted by Crippen LogP contribution is -2.24. The van der Waals surface area contributed by atoms with Gasteiger partial charge in [-0.15, -0.1) is 0 Å². The van der Waals surface area contributed by atoms with Gasteiger partial charge in [0.1, 0.15) is 12.2 Å². The smallest absolute Gasteiger partial charge is 0.333 e. The monoisotopic (exact) mass is 170 g/mol. The van der Waals surface area contributed by atoms with Crippen LogP contribution in [0.4, 0.5) is 0 Å². The van der Waals surface area contributed by atoms with E-state index in [1.165, 1.54) is 7.11 Å². The molecular weight excluding hydrogens is 160 g/mol. The molecule has 1 N–H and O–H groups in total. The molecule has 66 valence electrons. The zero-order valence-corrected chi connectivity index (χ0v) is 6.69. The fourth-order valence-corrected chi connectivity index (χ4v) is 1.47. The first-order valence-electron chi connectivity index (χ1n) is 3.85. The van der Waals surface area contributed by atoms with Crippen molar-refractivity contribution in [2.75, 3.05) is 7.11 Å². The molecule has 0 aromatic rings. The maximum atomic E-state index is 11.0. The number of aliphatic hydroxyl groups is 1. The second kappa shape index (κ2) is 2.57. The number of carbonyl (C=O) groups excluding carboxylic acids is 1. The molecule has 3 unspecified atom stereocenters. The minimum Gasteiger partial charge on any atom is -0.466 e. The van der Waals surface area contributed by atoms with Crippen molar-refractivity contribution in [2.24, 2.45) is 0 Å². The Kier molecular flexibility index (Phi) is 1.66. The van der Waals surface area contributed by atoms with Crippen LogP contribution in [0.3, 0.4) is 0 Å². The predicted molar refractivity (Wildman–Crippen MR) is 39.4 cm³/mol. The summed E-state index contributed by atoms with van der Waals surface area (Å²) >= 11 is 0. The number of ether oxygens (including phenoxy) is 2. The van der Waals surface area contributed by atoms with Gasteiger partial charge in [0.05, 0.1) is 13.2 Å². The van der Waals surface area contributed by atoms with Crippen molar-refractivity contribution >= 4 is 5.97 Å². The molecule has 0 radical (unpaired) electrons. The van der Waals surface area contributed by atoms with Gasteiger partial charge in [0, 0.05) is 12.0 Å². The quantitative estimate of drug-likeness (QED) is 0.430. The number of aliphatic hydroxyl groups excluding tert-OH is 1. The molecule has 1 aliphatic carbocycles. The minimum atomic E-state index is -0.547. The van der Waals surface area contributed by atoms with Crippen LogP contribution in [-0.4, -0.2) is 36.5 Å². The van der Waals surface area contributed by atoms with Crippen molar-refractivity contribution in [3.05, 3.63) is 11.6 Å². The highest BCUT2D eigenvalue weighted by Crippen LogP contribution is 2.35. The molecule has 0 aromatic carbocycles. The van der Waals surface area contributed by atoms with E-state index in [-0.39, 0.29) is 18.2 Å². The molecule has 4 heteroatoms. The van der Waals surface area contributed by atoms with Crippen molar-refractivity contribution in [3.8, 4) is 0 Å². The summed E-state index contributed by atoms with van der Waals surface area (Å²) in [6.45, 7) is 0. The van der Waals surface area contributed by atoms with Crippen molar-refractivity contribution < 1.29 is 19.4 Å². The van der Waals surface area contributed by atoms with E-state index in [9.17, 15) is 9.90 Å². The number of methoxy groups -OCH3 is 1. The summed E-state index contributed by atoms with van der Waals surface area (Å²) in [7, 11) is 1.33. The summed E-state index contributed by atoms with van der Waals surface area (Å²) in [4.78, 5) is 11.0. The second-order valence-corrected chi connectivity index (χ2v) is 3.02. The van der Waals surface area contributed by atoms with E-state index in [4.69, 9.17) is 4.74 Å². The maximum Gasteiger partial charge on any atom is 0.333 e. The van der Waals surface area contributed by atoms with Gasteiger partial charge in [-0.1, -0.05) is 0 Å². The Hall–Kier alpha value is -0.870. The Balaban J connectivity index is 2.11. The largest absolute Gasteiger partial charge is 0.466 e. The normalized spacial score (nSPS) is 38.2. The van der Waals surface area contributed by atoms with Crippen LogP contribution in [0.1, 0.15) is 6.42 Å². The van der Waals surface area contributed by atoms with Gasteiger partial charge in [-0.2, -0.15) is 0 Å². The molecule has 0 spiro atoms. The van der Waals surface area contributed by atoms with E-state index < -0.39 is 6.10 Å². The van der Waals surface area contributed by atoms with E-state index in [2.05, 4.69) is 4.74 Å². The van der Waals surface area contributed by atoms with Gasteiger partial charge in [0.15, 0.2) is 0 Å². The van der Waals surface area contributed by atoms with E-state index in [1.807, 2.05) is 0 Å². The molecule has 0 aromatic heterocycles. The first-order valence-corrected chi connectivity index (χ1v) is 3.85. The number of epoxide rings is 1. The van der Waals surface area contributed by atoms with Gasteiger partial charge in [-0.05, 0) is 6.08 Å². The number of carbonyl (C=O) groups is 1. The third kappa shape index (κ3) is 1.13. The lowest BCUT2D eigenvalue weighted by Gasteiger charge is -2.12.